The second kappa shape index (κ2) is 8.06. The first-order valence-electron chi connectivity index (χ1n) is 7.15. The lowest BCUT2D eigenvalue weighted by Gasteiger charge is -2.36. The Bertz CT molecular complexity index is 183. The molecule has 0 heterocycles. The molecule has 0 aromatic carbocycles. The van der Waals surface area contributed by atoms with Crippen molar-refractivity contribution >= 4 is 0 Å². The van der Waals surface area contributed by atoms with Crippen molar-refractivity contribution in [2.45, 2.75) is 59.3 Å². The second-order valence-electron chi connectivity index (χ2n) is 5.16. The number of hydrogen-bond acceptors (Lipinski definition) is 3. The molecule has 0 saturated heterocycles. The highest BCUT2D eigenvalue weighted by Crippen LogP contribution is 2.28. The van der Waals surface area contributed by atoms with E-state index in [-0.39, 0.29) is 6.29 Å². The van der Waals surface area contributed by atoms with Gasteiger partial charge in [-0.2, -0.15) is 0 Å². The molecule has 3 nitrogen and oxygen atoms in total. The summed E-state index contributed by atoms with van der Waals surface area (Å²) < 4.78 is 11.1. The van der Waals surface area contributed by atoms with E-state index in [0.29, 0.717) is 19.3 Å². The van der Waals surface area contributed by atoms with Crippen LogP contribution in [-0.2, 0) is 9.47 Å². The SMILES string of the molecule is CCOC(CNC1C(C)CCCC1C)OCC. The zero-order valence-electron chi connectivity index (χ0n) is 11.9. The van der Waals surface area contributed by atoms with E-state index in [9.17, 15) is 0 Å². The van der Waals surface area contributed by atoms with Crippen molar-refractivity contribution in [3.8, 4) is 0 Å². The van der Waals surface area contributed by atoms with Crippen LogP contribution in [0, 0.1) is 11.8 Å². The minimum atomic E-state index is -0.0914. The van der Waals surface area contributed by atoms with E-state index in [0.717, 1.165) is 18.4 Å². The van der Waals surface area contributed by atoms with Crippen LogP contribution in [0.15, 0.2) is 0 Å². The third-order valence-corrected chi connectivity index (χ3v) is 3.77. The molecule has 3 heteroatoms. The molecular weight excluding hydrogens is 214 g/mol. The van der Waals surface area contributed by atoms with E-state index in [2.05, 4.69) is 19.2 Å². The van der Waals surface area contributed by atoms with E-state index < -0.39 is 0 Å². The smallest absolute Gasteiger partial charge is 0.169 e. The summed E-state index contributed by atoms with van der Waals surface area (Å²) in [6.45, 7) is 11.0. The van der Waals surface area contributed by atoms with Crippen LogP contribution in [0.3, 0.4) is 0 Å². The van der Waals surface area contributed by atoms with Gasteiger partial charge in [0.2, 0.25) is 0 Å². The second-order valence-corrected chi connectivity index (χ2v) is 5.16. The van der Waals surface area contributed by atoms with Gasteiger partial charge in [-0.15, -0.1) is 0 Å². The summed E-state index contributed by atoms with van der Waals surface area (Å²) in [6, 6.07) is 0.618. The summed E-state index contributed by atoms with van der Waals surface area (Å²) in [5.74, 6) is 1.53. The number of rotatable bonds is 7. The molecule has 0 bridgehead atoms. The number of hydrogen-bond donors (Lipinski definition) is 1. The van der Waals surface area contributed by atoms with E-state index >= 15 is 0 Å². The minimum Gasteiger partial charge on any atom is -0.352 e. The fraction of sp³-hybridized carbons (Fsp3) is 1.00. The molecule has 102 valence electrons. The van der Waals surface area contributed by atoms with Gasteiger partial charge in [-0.25, -0.2) is 0 Å². The van der Waals surface area contributed by atoms with Crippen LogP contribution >= 0.6 is 0 Å². The van der Waals surface area contributed by atoms with Crippen LogP contribution < -0.4 is 5.32 Å². The summed E-state index contributed by atoms with van der Waals surface area (Å²) in [6.07, 6.45) is 3.97. The van der Waals surface area contributed by atoms with Gasteiger partial charge in [0.05, 0.1) is 0 Å². The molecule has 2 atom stereocenters. The Labute approximate surface area is 106 Å². The molecule has 1 aliphatic carbocycles. The van der Waals surface area contributed by atoms with Gasteiger partial charge in [0.15, 0.2) is 6.29 Å². The van der Waals surface area contributed by atoms with Crippen LogP contribution in [-0.4, -0.2) is 32.1 Å². The monoisotopic (exact) mass is 243 g/mol. The molecule has 0 aliphatic heterocycles. The van der Waals surface area contributed by atoms with Crippen molar-refractivity contribution in [3.05, 3.63) is 0 Å². The fourth-order valence-corrected chi connectivity index (χ4v) is 2.85. The molecule has 1 saturated carbocycles. The Morgan fingerprint density at radius 1 is 1.06 bits per heavy atom. The minimum absolute atomic E-state index is 0.0914. The Balaban J connectivity index is 2.35. The average Bonchev–Trinajstić information content (AvgIpc) is 2.29. The molecule has 0 amide bonds. The highest BCUT2D eigenvalue weighted by atomic mass is 16.7. The van der Waals surface area contributed by atoms with Crippen molar-refractivity contribution < 1.29 is 9.47 Å². The van der Waals surface area contributed by atoms with E-state index in [1.54, 1.807) is 0 Å². The molecule has 0 radical (unpaired) electrons. The topological polar surface area (TPSA) is 30.5 Å². The molecule has 17 heavy (non-hydrogen) atoms. The lowest BCUT2D eigenvalue weighted by Crippen LogP contribution is -2.46. The van der Waals surface area contributed by atoms with Crippen LogP contribution in [0.2, 0.25) is 0 Å². The zero-order chi connectivity index (χ0) is 12.7. The number of nitrogens with one attached hydrogen (secondary N) is 1. The van der Waals surface area contributed by atoms with Crippen molar-refractivity contribution in [2.24, 2.45) is 11.8 Å². The molecule has 1 N–H and O–H groups in total. The van der Waals surface area contributed by atoms with Crippen LogP contribution in [0.1, 0.15) is 47.0 Å². The molecule has 1 aliphatic rings. The van der Waals surface area contributed by atoms with Crippen molar-refractivity contribution in [1.29, 1.82) is 0 Å². The third-order valence-electron chi connectivity index (χ3n) is 3.77. The Kier molecular flexibility index (Phi) is 7.09. The van der Waals surface area contributed by atoms with Gasteiger partial charge >= 0.3 is 0 Å². The standard InChI is InChI=1S/C14H29NO2/c1-5-16-13(17-6-2)10-15-14-11(3)8-7-9-12(14)4/h11-15H,5-10H2,1-4H3. The number of ether oxygens (including phenoxy) is 2. The average molecular weight is 243 g/mol. The Morgan fingerprint density at radius 2 is 1.59 bits per heavy atom. The highest BCUT2D eigenvalue weighted by molar-refractivity contribution is 4.83. The van der Waals surface area contributed by atoms with Gasteiger partial charge in [-0.1, -0.05) is 20.3 Å². The molecule has 1 rings (SSSR count). The van der Waals surface area contributed by atoms with Gasteiger partial charge in [0, 0.05) is 25.8 Å². The quantitative estimate of drug-likeness (QED) is 0.697. The molecule has 1 fully saturated rings. The van der Waals surface area contributed by atoms with Gasteiger partial charge in [-0.05, 0) is 38.5 Å². The third kappa shape index (κ3) is 4.94. The first-order chi connectivity index (χ1) is 8.19. The zero-order valence-corrected chi connectivity index (χ0v) is 11.9. The Morgan fingerprint density at radius 3 is 2.06 bits per heavy atom. The maximum Gasteiger partial charge on any atom is 0.169 e. The lowest BCUT2D eigenvalue weighted by atomic mass is 9.79. The van der Waals surface area contributed by atoms with Crippen molar-refractivity contribution in [1.82, 2.24) is 5.32 Å². The largest absolute Gasteiger partial charge is 0.352 e. The van der Waals surface area contributed by atoms with Gasteiger partial charge in [0.1, 0.15) is 0 Å². The molecular formula is C14H29NO2. The van der Waals surface area contributed by atoms with Crippen LogP contribution in [0.4, 0.5) is 0 Å². The summed E-state index contributed by atoms with van der Waals surface area (Å²) in [4.78, 5) is 0. The highest BCUT2D eigenvalue weighted by Gasteiger charge is 2.27. The predicted octanol–water partition coefficient (Wildman–Crippen LogP) is 2.80. The maximum absolute atomic E-state index is 5.56. The Hall–Kier alpha value is -0.120. The predicted molar refractivity (Wildman–Crippen MR) is 71.0 cm³/mol. The van der Waals surface area contributed by atoms with Crippen molar-refractivity contribution in [2.75, 3.05) is 19.8 Å². The summed E-state index contributed by atoms with van der Waals surface area (Å²) in [7, 11) is 0. The first-order valence-corrected chi connectivity index (χ1v) is 7.15. The molecule has 0 spiro atoms. The first kappa shape index (κ1) is 14.9. The summed E-state index contributed by atoms with van der Waals surface area (Å²) >= 11 is 0. The van der Waals surface area contributed by atoms with E-state index in [1.165, 1.54) is 19.3 Å². The summed E-state index contributed by atoms with van der Waals surface area (Å²) in [5.41, 5.74) is 0. The molecule has 0 aromatic heterocycles. The normalized spacial score (nSPS) is 29.8. The fourth-order valence-electron chi connectivity index (χ4n) is 2.85. The van der Waals surface area contributed by atoms with Crippen LogP contribution in [0.5, 0.6) is 0 Å². The van der Waals surface area contributed by atoms with Gasteiger partial charge < -0.3 is 14.8 Å². The van der Waals surface area contributed by atoms with E-state index in [1.807, 2.05) is 13.8 Å². The van der Waals surface area contributed by atoms with E-state index in [4.69, 9.17) is 9.47 Å². The maximum atomic E-state index is 5.56. The van der Waals surface area contributed by atoms with Crippen molar-refractivity contribution in [3.63, 3.8) is 0 Å². The van der Waals surface area contributed by atoms with Crippen LogP contribution in [0.25, 0.3) is 0 Å². The molecule has 2 unspecified atom stereocenters. The summed E-state index contributed by atoms with van der Waals surface area (Å²) in [5, 5.41) is 3.64. The van der Waals surface area contributed by atoms with Gasteiger partial charge in [0.25, 0.3) is 0 Å². The molecule has 0 aromatic rings. The van der Waals surface area contributed by atoms with Gasteiger partial charge in [-0.3, -0.25) is 0 Å². The lowest BCUT2D eigenvalue weighted by molar-refractivity contribution is -0.135.